The van der Waals surface area contributed by atoms with Crippen LogP contribution >= 0.6 is 0 Å². The molecule has 1 aromatic rings. The molecule has 0 saturated heterocycles. The van der Waals surface area contributed by atoms with Crippen molar-refractivity contribution in [2.24, 2.45) is 5.92 Å². The summed E-state index contributed by atoms with van der Waals surface area (Å²) >= 11 is 0. The minimum Gasteiger partial charge on any atom is -0.398 e. The van der Waals surface area contributed by atoms with Gasteiger partial charge in [0.05, 0.1) is 0 Å². The van der Waals surface area contributed by atoms with Gasteiger partial charge in [-0.15, -0.1) is 0 Å². The number of aryl methyl sites for hydroxylation is 1. The van der Waals surface area contributed by atoms with Crippen LogP contribution in [0.4, 0.5) is 11.4 Å². The summed E-state index contributed by atoms with van der Waals surface area (Å²) in [6.07, 6.45) is 2.84. The summed E-state index contributed by atoms with van der Waals surface area (Å²) < 4.78 is 0. The minimum absolute atomic E-state index is 0.0482. The Bertz CT molecular complexity index is 388. The van der Waals surface area contributed by atoms with E-state index < -0.39 is 0 Å². The first kappa shape index (κ1) is 13.6. The fraction of sp³-hybridized carbons (Fsp3) is 0.500. The van der Waals surface area contributed by atoms with E-state index in [0.29, 0.717) is 0 Å². The third kappa shape index (κ3) is 3.77. The van der Waals surface area contributed by atoms with Crippen LogP contribution in [0.2, 0.25) is 0 Å². The molecule has 0 aliphatic carbocycles. The van der Waals surface area contributed by atoms with Crippen LogP contribution in [-0.2, 0) is 11.2 Å². The van der Waals surface area contributed by atoms with Gasteiger partial charge in [-0.2, -0.15) is 0 Å². The lowest BCUT2D eigenvalue weighted by Gasteiger charge is -2.12. The summed E-state index contributed by atoms with van der Waals surface area (Å²) in [7, 11) is 0. The molecule has 0 bridgehead atoms. The summed E-state index contributed by atoms with van der Waals surface area (Å²) in [6, 6.07) is 5.70. The normalized spacial score (nSPS) is 12.2. The second kappa shape index (κ2) is 6.28. The first-order chi connectivity index (χ1) is 8.08. The number of nitrogens with two attached hydrogens (primary N) is 1. The van der Waals surface area contributed by atoms with E-state index in [2.05, 4.69) is 19.2 Å². The van der Waals surface area contributed by atoms with Gasteiger partial charge < -0.3 is 11.1 Å². The summed E-state index contributed by atoms with van der Waals surface area (Å²) in [5, 5.41) is 2.90. The molecule has 0 spiro atoms. The largest absolute Gasteiger partial charge is 0.398 e. The van der Waals surface area contributed by atoms with E-state index in [9.17, 15) is 4.79 Å². The molecule has 0 saturated carbocycles. The van der Waals surface area contributed by atoms with Gasteiger partial charge in [0, 0.05) is 17.3 Å². The molecule has 1 amide bonds. The number of anilines is 2. The van der Waals surface area contributed by atoms with Gasteiger partial charge in [-0.1, -0.05) is 33.3 Å². The quantitative estimate of drug-likeness (QED) is 0.769. The summed E-state index contributed by atoms with van der Waals surface area (Å²) in [4.78, 5) is 11.8. The Balaban J connectivity index is 2.69. The number of benzene rings is 1. The molecule has 0 heterocycles. The fourth-order valence-corrected chi connectivity index (χ4v) is 1.82. The van der Waals surface area contributed by atoms with Crippen molar-refractivity contribution in [3.8, 4) is 0 Å². The Morgan fingerprint density at radius 2 is 2.12 bits per heavy atom. The predicted molar refractivity (Wildman–Crippen MR) is 72.9 cm³/mol. The number of nitrogen functional groups attached to an aromatic ring is 1. The van der Waals surface area contributed by atoms with Crippen molar-refractivity contribution >= 4 is 17.3 Å². The summed E-state index contributed by atoms with van der Waals surface area (Å²) in [5.74, 6) is 0.113. The Morgan fingerprint density at radius 3 is 2.65 bits per heavy atom. The van der Waals surface area contributed by atoms with Gasteiger partial charge in [0.15, 0.2) is 0 Å². The Kier molecular flexibility index (Phi) is 5.01. The molecule has 0 aromatic heterocycles. The molecule has 1 atom stereocenters. The lowest BCUT2D eigenvalue weighted by atomic mass is 10.1. The summed E-state index contributed by atoms with van der Waals surface area (Å²) in [6.45, 7) is 6.09. The molecule has 3 nitrogen and oxygen atoms in total. The minimum atomic E-state index is 0.0482. The maximum atomic E-state index is 11.8. The SMILES string of the molecule is CCCC(C)C(=O)Nc1ccc(CC)c(N)c1. The van der Waals surface area contributed by atoms with Crippen LogP contribution in [0, 0.1) is 5.92 Å². The van der Waals surface area contributed by atoms with Crippen molar-refractivity contribution < 1.29 is 4.79 Å². The van der Waals surface area contributed by atoms with Crippen LogP contribution in [0.5, 0.6) is 0 Å². The monoisotopic (exact) mass is 234 g/mol. The second-order valence-corrected chi connectivity index (χ2v) is 4.45. The van der Waals surface area contributed by atoms with E-state index in [1.165, 1.54) is 0 Å². The molecule has 1 aromatic carbocycles. The molecule has 0 aliphatic heterocycles. The van der Waals surface area contributed by atoms with Gasteiger partial charge in [0.25, 0.3) is 0 Å². The van der Waals surface area contributed by atoms with Crippen molar-refractivity contribution in [3.05, 3.63) is 23.8 Å². The van der Waals surface area contributed by atoms with E-state index in [0.717, 1.165) is 36.2 Å². The Hall–Kier alpha value is -1.51. The number of carbonyl (C=O) groups excluding carboxylic acids is 1. The highest BCUT2D eigenvalue weighted by Gasteiger charge is 2.12. The number of rotatable bonds is 5. The van der Waals surface area contributed by atoms with Crippen molar-refractivity contribution in [1.82, 2.24) is 0 Å². The molecule has 17 heavy (non-hydrogen) atoms. The van der Waals surface area contributed by atoms with Crippen molar-refractivity contribution in [1.29, 1.82) is 0 Å². The lowest BCUT2D eigenvalue weighted by molar-refractivity contribution is -0.119. The number of hydrogen-bond donors (Lipinski definition) is 2. The van der Waals surface area contributed by atoms with Crippen LogP contribution in [0.15, 0.2) is 18.2 Å². The van der Waals surface area contributed by atoms with Crippen LogP contribution in [0.3, 0.4) is 0 Å². The van der Waals surface area contributed by atoms with Crippen LogP contribution in [0.25, 0.3) is 0 Å². The smallest absolute Gasteiger partial charge is 0.227 e. The van der Waals surface area contributed by atoms with Crippen molar-refractivity contribution in [2.75, 3.05) is 11.1 Å². The zero-order valence-electron chi connectivity index (χ0n) is 10.9. The standard InChI is InChI=1S/C14H22N2O/c1-4-6-10(3)14(17)16-12-8-7-11(5-2)13(15)9-12/h7-10H,4-6,15H2,1-3H3,(H,16,17). The first-order valence-electron chi connectivity index (χ1n) is 6.27. The van der Waals surface area contributed by atoms with Gasteiger partial charge in [-0.25, -0.2) is 0 Å². The van der Waals surface area contributed by atoms with E-state index in [-0.39, 0.29) is 11.8 Å². The third-order valence-corrected chi connectivity index (χ3v) is 2.96. The van der Waals surface area contributed by atoms with Gasteiger partial charge in [0.2, 0.25) is 5.91 Å². The third-order valence-electron chi connectivity index (χ3n) is 2.96. The molecule has 0 aliphatic rings. The molecule has 1 rings (SSSR count). The number of carbonyl (C=O) groups is 1. The van der Waals surface area contributed by atoms with E-state index >= 15 is 0 Å². The summed E-state index contributed by atoms with van der Waals surface area (Å²) in [5.41, 5.74) is 8.54. The van der Waals surface area contributed by atoms with Crippen molar-refractivity contribution in [3.63, 3.8) is 0 Å². The second-order valence-electron chi connectivity index (χ2n) is 4.45. The highest BCUT2D eigenvalue weighted by Crippen LogP contribution is 2.19. The van der Waals surface area contributed by atoms with Crippen LogP contribution < -0.4 is 11.1 Å². The first-order valence-corrected chi connectivity index (χ1v) is 6.27. The average Bonchev–Trinajstić information content (AvgIpc) is 2.29. The van der Waals surface area contributed by atoms with E-state index in [1.807, 2.05) is 25.1 Å². The average molecular weight is 234 g/mol. The maximum absolute atomic E-state index is 11.8. The van der Waals surface area contributed by atoms with E-state index in [1.54, 1.807) is 0 Å². The molecule has 3 heteroatoms. The molecular formula is C14H22N2O. The number of hydrogen-bond acceptors (Lipinski definition) is 2. The van der Waals surface area contributed by atoms with Gasteiger partial charge >= 0.3 is 0 Å². The number of nitrogens with one attached hydrogen (secondary N) is 1. The van der Waals surface area contributed by atoms with Gasteiger partial charge in [0.1, 0.15) is 0 Å². The topological polar surface area (TPSA) is 55.1 Å². The molecule has 1 unspecified atom stereocenters. The lowest BCUT2D eigenvalue weighted by Crippen LogP contribution is -2.20. The highest BCUT2D eigenvalue weighted by atomic mass is 16.1. The zero-order chi connectivity index (χ0) is 12.8. The maximum Gasteiger partial charge on any atom is 0.227 e. The Morgan fingerprint density at radius 1 is 1.41 bits per heavy atom. The van der Waals surface area contributed by atoms with E-state index in [4.69, 9.17) is 5.73 Å². The zero-order valence-corrected chi connectivity index (χ0v) is 10.9. The highest BCUT2D eigenvalue weighted by molar-refractivity contribution is 5.92. The molecule has 0 radical (unpaired) electrons. The van der Waals surface area contributed by atoms with Crippen LogP contribution in [-0.4, -0.2) is 5.91 Å². The van der Waals surface area contributed by atoms with Gasteiger partial charge in [-0.3, -0.25) is 4.79 Å². The Labute approximate surface area is 103 Å². The predicted octanol–water partition coefficient (Wildman–Crippen LogP) is 3.21. The number of amides is 1. The molecule has 0 fully saturated rings. The molecule has 94 valence electrons. The van der Waals surface area contributed by atoms with Crippen molar-refractivity contribution in [2.45, 2.75) is 40.0 Å². The fourth-order valence-electron chi connectivity index (χ4n) is 1.82. The molecular weight excluding hydrogens is 212 g/mol. The van der Waals surface area contributed by atoms with Gasteiger partial charge in [-0.05, 0) is 30.5 Å². The molecule has 3 N–H and O–H groups in total. The van der Waals surface area contributed by atoms with Crippen LogP contribution in [0.1, 0.15) is 39.2 Å².